The maximum atomic E-state index is 13.1. The van der Waals surface area contributed by atoms with Gasteiger partial charge in [-0.3, -0.25) is 4.21 Å². The largest absolute Gasteiger partial charge is 0.394 e. The molecule has 0 amide bonds. The summed E-state index contributed by atoms with van der Waals surface area (Å²) in [7, 11) is -1.10. The van der Waals surface area contributed by atoms with Gasteiger partial charge in [-0.25, -0.2) is 19.9 Å². The van der Waals surface area contributed by atoms with E-state index in [4.69, 9.17) is 21.6 Å². The average molecular weight is 502 g/mol. The third kappa shape index (κ3) is 4.05. The molecule has 2 aromatic rings. The lowest BCUT2D eigenvalue weighted by Crippen LogP contribution is -2.49. The quantitative estimate of drug-likeness (QED) is 0.627. The van der Waals surface area contributed by atoms with Crippen molar-refractivity contribution in [2.45, 2.75) is 86.5 Å². The van der Waals surface area contributed by atoms with E-state index in [1.165, 1.54) is 12.8 Å². The molecule has 182 valence electrons. The van der Waals surface area contributed by atoms with Crippen LogP contribution in [0.1, 0.15) is 87.0 Å². The molecule has 6 rings (SSSR count). The Morgan fingerprint density at radius 3 is 2.44 bits per heavy atom. The molecule has 9 heteroatoms. The molecule has 3 atom stereocenters. The molecule has 3 heterocycles. The monoisotopic (exact) mass is 501 g/mol. The molecular weight excluding hydrogens is 470 g/mol. The molecule has 0 saturated heterocycles. The number of aryl methyl sites for hydroxylation is 1. The number of rotatable bonds is 5. The van der Waals surface area contributed by atoms with Crippen molar-refractivity contribution >= 4 is 28.2 Å². The van der Waals surface area contributed by atoms with Crippen LogP contribution in [-0.4, -0.2) is 47.2 Å². The number of hydrogen-bond acceptors (Lipinski definition) is 7. The second kappa shape index (κ2) is 9.10. The molecule has 0 spiro atoms. The topological polar surface area (TPSA) is 101 Å². The van der Waals surface area contributed by atoms with Crippen LogP contribution in [0.2, 0.25) is 5.02 Å². The van der Waals surface area contributed by atoms with Crippen LogP contribution in [0.4, 0.5) is 5.82 Å². The van der Waals surface area contributed by atoms with Gasteiger partial charge in [0.15, 0.2) is 0 Å². The maximum absolute atomic E-state index is 13.1. The normalized spacial score (nSPS) is 31.9. The molecular formula is C25H32ClN5O2S. The summed E-state index contributed by atoms with van der Waals surface area (Å²) in [5.74, 6) is 4.89. The lowest BCUT2D eigenvalue weighted by Gasteiger charge is -2.42. The predicted octanol–water partition coefficient (Wildman–Crippen LogP) is 4.38. The number of aliphatic hydroxyl groups is 1. The number of aromatic nitrogens is 4. The molecule has 3 aliphatic carbocycles. The number of halogens is 1. The van der Waals surface area contributed by atoms with E-state index >= 15 is 0 Å². The number of nitrogens with one attached hydrogen (secondary N) is 1. The summed E-state index contributed by atoms with van der Waals surface area (Å²) in [6, 6.07) is 0. The fraction of sp³-hybridized carbons (Fsp3) is 0.680. The van der Waals surface area contributed by atoms with Gasteiger partial charge in [-0.1, -0.05) is 11.6 Å². The highest BCUT2D eigenvalue weighted by atomic mass is 35.5. The molecule has 2 aromatic heterocycles. The van der Waals surface area contributed by atoms with Crippen LogP contribution >= 0.6 is 11.6 Å². The number of fused-ring (bicyclic) bond motifs is 3. The van der Waals surface area contributed by atoms with Crippen LogP contribution in [0.15, 0.2) is 17.3 Å². The average Bonchev–Trinajstić information content (AvgIpc) is 2.96. The summed E-state index contributed by atoms with van der Waals surface area (Å²) < 4.78 is 13.1. The Kier molecular flexibility index (Phi) is 6.10. The van der Waals surface area contributed by atoms with Crippen LogP contribution in [0, 0.1) is 11.8 Å². The Balaban J connectivity index is 1.32. The Morgan fingerprint density at radius 2 is 1.79 bits per heavy atom. The SMILES string of the molecule is O=[S@]1CCCCc2nc(C3CC4CCC(C3)C4c3ncc(Cl)cn3)nc(NC3(CO)CCC3)c21. The van der Waals surface area contributed by atoms with E-state index in [-0.39, 0.29) is 18.1 Å². The van der Waals surface area contributed by atoms with E-state index in [2.05, 4.69) is 15.3 Å². The Bertz CT molecular complexity index is 1070. The van der Waals surface area contributed by atoms with Crippen LogP contribution in [0.3, 0.4) is 0 Å². The van der Waals surface area contributed by atoms with Crippen molar-refractivity contribution in [3.05, 3.63) is 34.8 Å². The molecule has 3 saturated carbocycles. The van der Waals surface area contributed by atoms with Gasteiger partial charge in [-0.05, 0) is 76.0 Å². The van der Waals surface area contributed by atoms with Gasteiger partial charge in [-0.15, -0.1) is 0 Å². The van der Waals surface area contributed by atoms with Crippen LogP contribution in [0.5, 0.6) is 0 Å². The first-order chi connectivity index (χ1) is 16.5. The summed E-state index contributed by atoms with van der Waals surface area (Å²) >= 11 is 6.02. The minimum atomic E-state index is -1.10. The molecule has 4 aliphatic rings. The van der Waals surface area contributed by atoms with Gasteiger partial charge in [0.2, 0.25) is 0 Å². The van der Waals surface area contributed by atoms with E-state index in [1.807, 2.05) is 0 Å². The first-order valence-corrected chi connectivity index (χ1v) is 14.4. The fourth-order valence-electron chi connectivity index (χ4n) is 6.65. The summed E-state index contributed by atoms with van der Waals surface area (Å²) in [5, 5.41) is 14.2. The molecule has 1 aliphatic heterocycles. The van der Waals surface area contributed by atoms with Crippen LogP contribution in [-0.2, 0) is 17.2 Å². The van der Waals surface area contributed by atoms with E-state index in [1.54, 1.807) is 12.4 Å². The predicted molar refractivity (Wildman–Crippen MR) is 132 cm³/mol. The number of aliphatic hydroxyl groups excluding tert-OH is 1. The first-order valence-electron chi connectivity index (χ1n) is 12.7. The zero-order valence-electron chi connectivity index (χ0n) is 19.4. The first kappa shape index (κ1) is 22.8. The molecule has 0 radical (unpaired) electrons. The Morgan fingerprint density at radius 1 is 1.06 bits per heavy atom. The highest BCUT2D eigenvalue weighted by Gasteiger charge is 2.46. The summed E-state index contributed by atoms with van der Waals surface area (Å²) in [4.78, 5) is 20.0. The second-order valence-electron chi connectivity index (χ2n) is 10.7. The lowest BCUT2D eigenvalue weighted by molar-refractivity contribution is 0.143. The van der Waals surface area contributed by atoms with E-state index in [0.29, 0.717) is 34.3 Å². The van der Waals surface area contributed by atoms with Crippen molar-refractivity contribution in [3.63, 3.8) is 0 Å². The van der Waals surface area contributed by atoms with Gasteiger partial charge in [0.05, 0.1) is 33.7 Å². The zero-order chi connectivity index (χ0) is 23.3. The van der Waals surface area contributed by atoms with Crippen LogP contribution in [0.25, 0.3) is 0 Å². The highest BCUT2D eigenvalue weighted by Crippen LogP contribution is 2.55. The molecule has 34 heavy (non-hydrogen) atoms. The molecule has 0 aromatic carbocycles. The van der Waals surface area contributed by atoms with Crippen molar-refractivity contribution in [1.82, 2.24) is 19.9 Å². The van der Waals surface area contributed by atoms with Gasteiger partial charge in [-0.2, -0.15) is 0 Å². The molecule has 2 unspecified atom stereocenters. The minimum Gasteiger partial charge on any atom is -0.394 e. The number of hydrogen-bond donors (Lipinski definition) is 2. The number of anilines is 1. The molecule has 7 nitrogen and oxygen atoms in total. The van der Waals surface area contributed by atoms with E-state index in [9.17, 15) is 9.32 Å². The lowest BCUT2D eigenvalue weighted by atomic mass is 9.72. The van der Waals surface area contributed by atoms with Gasteiger partial charge in [0, 0.05) is 30.0 Å². The molecule has 2 bridgehead atoms. The Labute approximate surface area is 208 Å². The van der Waals surface area contributed by atoms with Crippen molar-refractivity contribution in [2.75, 3.05) is 17.7 Å². The highest BCUT2D eigenvalue weighted by molar-refractivity contribution is 7.85. The summed E-state index contributed by atoms with van der Waals surface area (Å²) in [5.41, 5.74) is 0.615. The van der Waals surface area contributed by atoms with Crippen molar-refractivity contribution in [1.29, 1.82) is 0 Å². The fourth-order valence-corrected chi connectivity index (χ4v) is 8.14. The third-order valence-electron chi connectivity index (χ3n) is 8.57. The van der Waals surface area contributed by atoms with Crippen molar-refractivity contribution in [2.24, 2.45) is 11.8 Å². The molecule has 3 fully saturated rings. The smallest absolute Gasteiger partial charge is 0.146 e. The van der Waals surface area contributed by atoms with E-state index in [0.717, 1.165) is 73.6 Å². The van der Waals surface area contributed by atoms with E-state index < -0.39 is 10.8 Å². The van der Waals surface area contributed by atoms with Crippen molar-refractivity contribution < 1.29 is 9.32 Å². The molecule has 2 N–H and O–H groups in total. The third-order valence-corrected chi connectivity index (χ3v) is 10.3. The zero-order valence-corrected chi connectivity index (χ0v) is 21.0. The van der Waals surface area contributed by atoms with Gasteiger partial charge < -0.3 is 10.4 Å². The summed E-state index contributed by atoms with van der Waals surface area (Å²) in [6.07, 6.45) is 13.6. The minimum absolute atomic E-state index is 0.0735. The van der Waals surface area contributed by atoms with Gasteiger partial charge in [0.25, 0.3) is 0 Å². The maximum Gasteiger partial charge on any atom is 0.146 e. The Hall–Kier alpha value is -1.64. The second-order valence-corrected chi connectivity index (χ2v) is 12.6. The van der Waals surface area contributed by atoms with Crippen molar-refractivity contribution in [3.8, 4) is 0 Å². The standard InChI is InChI=1S/C25H32ClN5O2S/c26-18-12-27-23(28-13-18)20-15-5-6-16(20)11-17(10-15)22-29-19-4-1-2-9-34(33)21(19)24(30-22)31-25(14-32)7-3-8-25/h12-13,15-17,20,32H,1-11,14H2,(H,29,30,31)/t15?,16?,17?,20?,34-/m0/s1. The van der Waals surface area contributed by atoms with Gasteiger partial charge in [0.1, 0.15) is 22.4 Å². The number of nitrogens with zero attached hydrogens (tertiary/aromatic N) is 4. The summed E-state index contributed by atoms with van der Waals surface area (Å²) in [6.45, 7) is 0.0735. The van der Waals surface area contributed by atoms with Crippen LogP contribution < -0.4 is 5.32 Å². The van der Waals surface area contributed by atoms with Gasteiger partial charge >= 0.3 is 0 Å².